The van der Waals surface area contributed by atoms with Crippen LogP contribution in [0.1, 0.15) is 40.7 Å². The van der Waals surface area contributed by atoms with Gasteiger partial charge in [-0.05, 0) is 45.4 Å². The molecule has 11 heteroatoms. The lowest BCUT2D eigenvalue weighted by atomic mass is 10.2. The van der Waals surface area contributed by atoms with Gasteiger partial charge in [0, 0.05) is 12.6 Å². The van der Waals surface area contributed by atoms with Crippen molar-refractivity contribution >= 4 is 21.7 Å². The first-order valence-electron chi connectivity index (χ1n) is 10.5. The van der Waals surface area contributed by atoms with E-state index in [-0.39, 0.29) is 29.7 Å². The fourth-order valence-corrected chi connectivity index (χ4v) is 5.46. The number of aromatic nitrogens is 1. The number of nitrogens with zero attached hydrogens (tertiary/aromatic N) is 2. The Morgan fingerprint density at radius 1 is 1.24 bits per heavy atom. The molecule has 1 aliphatic heterocycles. The number of methoxy groups -OCH3 is 1. The molecule has 1 aromatic heterocycles. The van der Waals surface area contributed by atoms with E-state index in [1.165, 1.54) is 24.1 Å². The van der Waals surface area contributed by atoms with E-state index >= 15 is 0 Å². The summed E-state index contributed by atoms with van der Waals surface area (Å²) in [6.07, 6.45) is 0.391. The van der Waals surface area contributed by atoms with Gasteiger partial charge in [-0.15, -0.1) is 0 Å². The number of ether oxygens (including phenoxy) is 3. The zero-order valence-electron chi connectivity index (χ0n) is 19.1. The topological polar surface area (TPSA) is 125 Å². The van der Waals surface area contributed by atoms with Gasteiger partial charge in [-0.1, -0.05) is 5.16 Å². The molecule has 0 bridgehead atoms. The van der Waals surface area contributed by atoms with Gasteiger partial charge in [0.1, 0.15) is 12.4 Å². The molecule has 0 aliphatic carbocycles. The van der Waals surface area contributed by atoms with Crippen LogP contribution in [0.4, 0.5) is 0 Å². The van der Waals surface area contributed by atoms with E-state index in [0.29, 0.717) is 30.2 Å². The second-order valence-corrected chi connectivity index (χ2v) is 10.00. The van der Waals surface area contributed by atoms with Crippen molar-refractivity contribution in [3.63, 3.8) is 0 Å². The predicted molar refractivity (Wildman–Crippen MR) is 118 cm³/mol. The highest BCUT2D eigenvalue weighted by molar-refractivity contribution is 7.91. The lowest BCUT2D eigenvalue weighted by Crippen LogP contribution is -2.43. The second-order valence-electron chi connectivity index (χ2n) is 7.77. The third kappa shape index (κ3) is 5.84. The average molecular weight is 481 g/mol. The van der Waals surface area contributed by atoms with Crippen molar-refractivity contribution in [1.29, 1.82) is 0 Å². The molecule has 0 radical (unpaired) electrons. The van der Waals surface area contributed by atoms with Crippen LogP contribution in [0, 0.1) is 13.8 Å². The van der Waals surface area contributed by atoms with Crippen LogP contribution in [0.2, 0.25) is 0 Å². The van der Waals surface area contributed by atoms with Crippen molar-refractivity contribution in [3.8, 4) is 11.5 Å². The Hall–Kier alpha value is -3.08. The summed E-state index contributed by atoms with van der Waals surface area (Å²) in [5.74, 6) is 0.276. The Labute approximate surface area is 192 Å². The Morgan fingerprint density at radius 3 is 2.58 bits per heavy atom. The number of likely N-dealkylation sites (N-methyl/N-ethyl adjacent to an activating group) is 1. The number of esters is 1. The summed E-state index contributed by atoms with van der Waals surface area (Å²) in [6.45, 7) is 5.45. The standard InChI is InChI=1S/C22H28N2O8S/c1-5-24(17-8-9-33(27,28)13-17)21(25)12-31-22(26)16-6-7-19(20(10-16)29-4)30-11-18-14(2)23-32-15(18)3/h6-7,10,17H,5,8-9,11-13H2,1-4H3/t17-/m0/s1. The van der Waals surface area contributed by atoms with E-state index < -0.39 is 28.3 Å². The average Bonchev–Trinajstić information content (AvgIpc) is 3.31. The van der Waals surface area contributed by atoms with Crippen LogP contribution in [-0.2, 0) is 26.0 Å². The van der Waals surface area contributed by atoms with Crippen molar-refractivity contribution in [2.75, 3.05) is 31.8 Å². The summed E-state index contributed by atoms with van der Waals surface area (Å²) < 4.78 is 44.9. The highest BCUT2D eigenvalue weighted by atomic mass is 32.2. The molecule has 33 heavy (non-hydrogen) atoms. The summed E-state index contributed by atoms with van der Waals surface area (Å²) in [4.78, 5) is 26.5. The van der Waals surface area contributed by atoms with Gasteiger partial charge in [-0.2, -0.15) is 0 Å². The maximum atomic E-state index is 12.5. The van der Waals surface area contributed by atoms with E-state index in [1.54, 1.807) is 19.9 Å². The molecule has 0 N–H and O–H groups in total. The highest BCUT2D eigenvalue weighted by Gasteiger charge is 2.34. The molecule has 0 unspecified atom stereocenters. The number of amides is 1. The number of hydrogen-bond acceptors (Lipinski definition) is 9. The first kappa shape index (κ1) is 24.6. The van der Waals surface area contributed by atoms with E-state index in [1.807, 2.05) is 6.92 Å². The van der Waals surface area contributed by atoms with Crippen LogP contribution in [-0.4, -0.2) is 68.2 Å². The SMILES string of the molecule is CCN(C(=O)COC(=O)c1ccc(OCc2c(C)noc2C)c(OC)c1)[C@H]1CCS(=O)(=O)C1. The van der Waals surface area contributed by atoms with Crippen molar-refractivity contribution in [2.45, 2.75) is 39.8 Å². The molecule has 1 saturated heterocycles. The van der Waals surface area contributed by atoms with Crippen LogP contribution in [0.5, 0.6) is 11.5 Å². The summed E-state index contributed by atoms with van der Waals surface area (Å²) in [5.41, 5.74) is 1.75. The smallest absolute Gasteiger partial charge is 0.338 e. The number of carbonyl (C=O) groups is 2. The van der Waals surface area contributed by atoms with Gasteiger partial charge in [-0.25, -0.2) is 13.2 Å². The summed E-state index contributed by atoms with van der Waals surface area (Å²) in [7, 11) is -1.68. The zero-order valence-corrected chi connectivity index (χ0v) is 19.9. The molecule has 0 spiro atoms. The van der Waals surface area contributed by atoms with E-state index in [0.717, 1.165) is 11.3 Å². The van der Waals surface area contributed by atoms with Crippen molar-refractivity contribution in [2.24, 2.45) is 0 Å². The molecule has 3 rings (SSSR count). The monoisotopic (exact) mass is 480 g/mol. The Kier molecular flexibility index (Phi) is 7.62. The fraction of sp³-hybridized carbons (Fsp3) is 0.500. The van der Waals surface area contributed by atoms with Crippen molar-refractivity contribution < 1.29 is 36.7 Å². The lowest BCUT2D eigenvalue weighted by molar-refractivity contribution is -0.136. The summed E-state index contributed by atoms with van der Waals surface area (Å²) >= 11 is 0. The fourth-order valence-electron chi connectivity index (χ4n) is 3.72. The van der Waals surface area contributed by atoms with Crippen LogP contribution in [0.25, 0.3) is 0 Å². The minimum Gasteiger partial charge on any atom is -0.493 e. The number of aryl methyl sites for hydroxylation is 2. The van der Waals surface area contributed by atoms with Gasteiger partial charge < -0.3 is 23.6 Å². The minimum atomic E-state index is -3.13. The predicted octanol–water partition coefficient (Wildman–Crippen LogP) is 2.07. The molecule has 2 aromatic rings. The van der Waals surface area contributed by atoms with Crippen LogP contribution >= 0.6 is 0 Å². The van der Waals surface area contributed by atoms with Gasteiger partial charge in [0.2, 0.25) is 0 Å². The van der Waals surface area contributed by atoms with E-state index in [4.69, 9.17) is 18.7 Å². The first-order chi connectivity index (χ1) is 15.6. The molecule has 1 aliphatic rings. The third-order valence-corrected chi connectivity index (χ3v) is 7.34. The first-order valence-corrected chi connectivity index (χ1v) is 12.4. The molecule has 1 atom stereocenters. The largest absolute Gasteiger partial charge is 0.493 e. The van der Waals surface area contributed by atoms with E-state index in [2.05, 4.69) is 5.16 Å². The Balaban J connectivity index is 1.61. The Morgan fingerprint density at radius 2 is 2.00 bits per heavy atom. The number of sulfone groups is 1. The van der Waals surface area contributed by atoms with Crippen molar-refractivity contribution in [1.82, 2.24) is 10.1 Å². The summed E-state index contributed by atoms with van der Waals surface area (Å²) in [5, 5.41) is 3.89. The Bertz CT molecular complexity index is 1110. The van der Waals surface area contributed by atoms with Crippen LogP contribution < -0.4 is 9.47 Å². The number of benzene rings is 1. The third-order valence-electron chi connectivity index (χ3n) is 5.59. The van der Waals surface area contributed by atoms with Crippen LogP contribution in [0.3, 0.4) is 0 Å². The quantitative estimate of drug-likeness (QED) is 0.496. The highest BCUT2D eigenvalue weighted by Crippen LogP contribution is 2.30. The minimum absolute atomic E-state index is 0.0612. The molecule has 10 nitrogen and oxygen atoms in total. The number of carbonyl (C=O) groups excluding carboxylic acids is 2. The zero-order chi connectivity index (χ0) is 24.2. The van der Waals surface area contributed by atoms with Gasteiger partial charge >= 0.3 is 5.97 Å². The number of rotatable bonds is 9. The molecular weight excluding hydrogens is 452 g/mol. The van der Waals surface area contributed by atoms with Gasteiger partial charge in [0.15, 0.2) is 27.9 Å². The lowest BCUT2D eigenvalue weighted by Gasteiger charge is -2.26. The van der Waals surface area contributed by atoms with Crippen molar-refractivity contribution in [3.05, 3.63) is 40.8 Å². The molecule has 1 amide bonds. The van der Waals surface area contributed by atoms with E-state index in [9.17, 15) is 18.0 Å². The van der Waals surface area contributed by atoms with Gasteiger partial charge in [-0.3, -0.25) is 4.79 Å². The molecule has 2 heterocycles. The molecule has 0 saturated carbocycles. The normalized spacial score (nSPS) is 16.9. The number of hydrogen-bond donors (Lipinski definition) is 0. The molecule has 1 aromatic carbocycles. The molecule has 1 fully saturated rings. The maximum absolute atomic E-state index is 12.5. The van der Waals surface area contributed by atoms with Crippen LogP contribution in [0.15, 0.2) is 22.7 Å². The molecule has 180 valence electrons. The van der Waals surface area contributed by atoms with Gasteiger partial charge in [0.05, 0.1) is 35.4 Å². The van der Waals surface area contributed by atoms with Gasteiger partial charge in [0.25, 0.3) is 5.91 Å². The summed E-state index contributed by atoms with van der Waals surface area (Å²) in [6, 6.07) is 4.17. The maximum Gasteiger partial charge on any atom is 0.338 e. The second kappa shape index (κ2) is 10.2. The molecular formula is C22H28N2O8S.